The Morgan fingerprint density at radius 3 is 2.36 bits per heavy atom. The molecule has 1 aromatic carbocycles. The van der Waals surface area contributed by atoms with Crippen molar-refractivity contribution >= 4 is 11.7 Å². The number of carbonyl (C=O) groups excluding carboxylic acids is 1. The summed E-state index contributed by atoms with van der Waals surface area (Å²) in [6.45, 7) is 1.88. The molecule has 0 aromatic heterocycles. The van der Waals surface area contributed by atoms with E-state index in [0.29, 0.717) is 16.8 Å². The Labute approximate surface area is 129 Å². The molecular weight excluding hydrogens is 283 g/mol. The average molecular weight is 302 g/mol. The molecule has 5 heteroatoms. The summed E-state index contributed by atoms with van der Waals surface area (Å²) in [4.78, 5) is 18.9. The van der Waals surface area contributed by atoms with Crippen molar-refractivity contribution in [3.8, 4) is 0 Å². The Balaban J connectivity index is 1.83. The summed E-state index contributed by atoms with van der Waals surface area (Å²) in [5.41, 5.74) is 1.62. The summed E-state index contributed by atoms with van der Waals surface area (Å²) in [5, 5.41) is 3.86. The smallest absolute Gasteiger partial charge is 0.369 e. The summed E-state index contributed by atoms with van der Waals surface area (Å²) in [5.74, 6) is -0.759. The number of rotatable bonds is 2. The van der Waals surface area contributed by atoms with Crippen LogP contribution in [0.4, 0.5) is 4.39 Å². The maximum atomic E-state index is 13.0. The van der Waals surface area contributed by atoms with E-state index >= 15 is 0 Å². The van der Waals surface area contributed by atoms with Gasteiger partial charge in [-0.2, -0.15) is 0 Å². The molecular formula is C17H19FN2O2. The van der Waals surface area contributed by atoms with Crippen LogP contribution in [0, 0.1) is 5.82 Å². The molecule has 1 saturated heterocycles. The van der Waals surface area contributed by atoms with Gasteiger partial charge in [-0.3, -0.25) is 0 Å². The molecule has 0 atom stereocenters. The molecule has 0 saturated carbocycles. The molecule has 2 aliphatic rings. The van der Waals surface area contributed by atoms with E-state index < -0.39 is 5.97 Å². The predicted molar refractivity (Wildman–Crippen MR) is 81.8 cm³/mol. The molecule has 2 aliphatic heterocycles. The largest absolute Gasteiger partial charge is 0.377 e. The first-order valence-electron chi connectivity index (χ1n) is 7.75. The molecule has 0 spiro atoms. The van der Waals surface area contributed by atoms with Crippen LogP contribution in [0.2, 0.25) is 0 Å². The van der Waals surface area contributed by atoms with Gasteiger partial charge in [0.1, 0.15) is 17.1 Å². The van der Waals surface area contributed by atoms with Gasteiger partial charge in [-0.05, 0) is 37.1 Å². The molecule has 22 heavy (non-hydrogen) atoms. The predicted octanol–water partition coefficient (Wildman–Crippen LogP) is 3.24. The molecule has 0 aliphatic carbocycles. The van der Waals surface area contributed by atoms with Crippen molar-refractivity contribution in [2.75, 3.05) is 13.1 Å². The van der Waals surface area contributed by atoms with Gasteiger partial charge >= 0.3 is 5.97 Å². The molecule has 4 nitrogen and oxygen atoms in total. The minimum Gasteiger partial charge on any atom is -0.377 e. The van der Waals surface area contributed by atoms with Crippen LogP contribution in [-0.2, 0) is 9.63 Å². The second-order valence-corrected chi connectivity index (χ2v) is 5.67. The van der Waals surface area contributed by atoms with E-state index in [1.54, 1.807) is 12.1 Å². The van der Waals surface area contributed by atoms with Gasteiger partial charge in [0.15, 0.2) is 0 Å². The number of halogens is 1. The highest BCUT2D eigenvalue weighted by Crippen LogP contribution is 2.20. The van der Waals surface area contributed by atoms with Crippen LogP contribution in [0.25, 0.3) is 0 Å². The van der Waals surface area contributed by atoms with Crippen LogP contribution in [0.3, 0.4) is 0 Å². The van der Waals surface area contributed by atoms with Crippen molar-refractivity contribution in [2.24, 2.45) is 5.16 Å². The third-order valence-corrected chi connectivity index (χ3v) is 4.01. The lowest BCUT2D eigenvalue weighted by atomic mass is 10.0. The number of carbonyl (C=O) groups is 1. The lowest BCUT2D eigenvalue weighted by Crippen LogP contribution is -2.24. The SMILES string of the molecule is O=C1ON=C(c2ccc(F)cc2)C1=CN1CCCCCCC1. The van der Waals surface area contributed by atoms with Gasteiger partial charge in [-0.15, -0.1) is 0 Å². The van der Waals surface area contributed by atoms with Gasteiger partial charge in [-0.25, -0.2) is 9.18 Å². The molecule has 1 aromatic rings. The van der Waals surface area contributed by atoms with Crippen LogP contribution in [0.1, 0.15) is 37.7 Å². The average Bonchev–Trinajstić information content (AvgIpc) is 2.84. The number of hydrogen-bond donors (Lipinski definition) is 0. The Morgan fingerprint density at radius 2 is 1.68 bits per heavy atom. The third kappa shape index (κ3) is 3.35. The molecule has 0 bridgehead atoms. The normalized spacial score (nSPS) is 21.3. The second kappa shape index (κ2) is 6.73. The number of oxime groups is 1. The second-order valence-electron chi connectivity index (χ2n) is 5.67. The Bertz CT molecular complexity index is 600. The quantitative estimate of drug-likeness (QED) is 0.622. The maximum Gasteiger partial charge on any atom is 0.369 e. The number of likely N-dealkylation sites (tertiary alicyclic amines) is 1. The highest BCUT2D eigenvalue weighted by atomic mass is 19.1. The first-order valence-corrected chi connectivity index (χ1v) is 7.75. The third-order valence-electron chi connectivity index (χ3n) is 4.01. The molecule has 116 valence electrons. The fourth-order valence-corrected chi connectivity index (χ4v) is 2.80. The van der Waals surface area contributed by atoms with Gasteiger partial charge < -0.3 is 9.74 Å². The fourth-order valence-electron chi connectivity index (χ4n) is 2.80. The van der Waals surface area contributed by atoms with Crippen molar-refractivity contribution in [1.82, 2.24) is 4.90 Å². The Kier molecular flexibility index (Phi) is 4.51. The summed E-state index contributed by atoms with van der Waals surface area (Å²) in [6, 6.07) is 5.93. The maximum absolute atomic E-state index is 13.0. The fraction of sp³-hybridized carbons (Fsp3) is 0.412. The van der Waals surface area contributed by atoms with Crippen LogP contribution < -0.4 is 0 Å². The summed E-state index contributed by atoms with van der Waals surface area (Å²) < 4.78 is 13.0. The van der Waals surface area contributed by atoms with Crippen molar-refractivity contribution in [1.29, 1.82) is 0 Å². The van der Waals surface area contributed by atoms with E-state index in [0.717, 1.165) is 25.9 Å². The van der Waals surface area contributed by atoms with E-state index in [4.69, 9.17) is 4.84 Å². The van der Waals surface area contributed by atoms with Crippen molar-refractivity contribution < 1.29 is 14.0 Å². The van der Waals surface area contributed by atoms with Crippen molar-refractivity contribution in [3.63, 3.8) is 0 Å². The molecule has 1 fully saturated rings. The molecule has 2 heterocycles. The molecule has 0 amide bonds. The zero-order chi connectivity index (χ0) is 15.4. The van der Waals surface area contributed by atoms with E-state index in [1.807, 2.05) is 6.20 Å². The lowest BCUT2D eigenvalue weighted by Gasteiger charge is -2.23. The highest BCUT2D eigenvalue weighted by Gasteiger charge is 2.27. The Hall–Kier alpha value is -2.17. The first-order chi connectivity index (χ1) is 10.7. The van der Waals surface area contributed by atoms with Crippen molar-refractivity contribution in [2.45, 2.75) is 32.1 Å². The highest BCUT2D eigenvalue weighted by molar-refractivity contribution is 6.28. The summed E-state index contributed by atoms with van der Waals surface area (Å²) >= 11 is 0. The zero-order valence-corrected chi connectivity index (χ0v) is 12.4. The van der Waals surface area contributed by atoms with E-state index in [9.17, 15) is 9.18 Å². The van der Waals surface area contributed by atoms with Gasteiger partial charge in [0.25, 0.3) is 0 Å². The standard InChI is InChI=1S/C17H19FN2O2/c18-14-8-6-13(7-9-14)16-15(17(21)22-19-16)12-20-10-4-2-1-3-5-11-20/h6-9,12H,1-5,10-11H2. The molecule has 0 radical (unpaired) electrons. The van der Waals surface area contributed by atoms with Gasteiger partial charge in [0, 0.05) is 24.9 Å². The number of benzene rings is 1. The molecule has 0 unspecified atom stereocenters. The van der Waals surface area contributed by atoms with Crippen LogP contribution in [0.15, 0.2) is 41.2 Å². The van der Waals surface area contributed by atoms with Gasteiger partial charge in [-0.1, -0.05) is 24.4 Å². The number of hydrogen-bond acceptors (Lipinski definition) is 4. The van der Waals surface area contributed by atoms with E-state index in [1.165, 1.54) is 31.4 Å². The summed E-state index contributed by atoms with van der Waals surface area (Å²) in [7, 11) is 0. The minimum atomic E-state index is -0.443. The Morgan fingerprint density at radius 1 is 1.05 bits per heavy atom. The van der Waals surface area contributed by atoms with E-state index in [2.05, 4.69) is 10.1 Å². The first kappa shape index (κ1) is 14.8. The number of nitrogens with zero attached hydrogens (tertiary/aromatic N) is 2. The lowest BCUT2D eigenvalue weighted by molar-refractivity contribution is -0.136. The van der Waals surface area contributed by atoms with Crippen LogP contribution in [-0.4, -0.2) is 29.7 Å². The van der Waals surface area contributed by atoms with E-state index in [-0.39, 0.29) is 5.82 Å². The van der Waals surface area contributed by atoms with Gasteiger partial charge in [0.05, 0.1) is 0 Å². The zero-order valence-electron chi connectivity index (χ0n) is 12.4. The van der Waals surface area contributed by atoms with Gasteiger partial charge in [0.2, 0.25) is 0 Å². The van der Waals surface area contributed by atoms with Crippen molar-refractivity contribution in [3.05, 3.63) is 47.4 Å². The van der Waals surface area contributed by atoms with Crippen LogP contribution in [0.5, 0.6) is 0 Å². The monoisotopic (exact) mass is 302 g/mol. The summed E-state index contributed by atoms with van der Waals surface area (Å²) in [6.07, 6.45) is 7.84. The molecule has 0 N–H and O–H groups in total. The minimum absolute atomic E-state index is 0.316. The van der Waals surface area contributed by atoms with Crippen LogP contribution >= 0.6 is 0 Å². The molecule has 3 rings (SSSR count). The topological polar surface area (TPSA) is 41.9 Å².